The molecule has 1 unspecified atom stereocenters. The summed E-state index contributed by atoms with van der Waals surface area (Å²) in [7, 11) is 1.79. The number of hydrogen-bond donors (Lipinski definition) is 1. The highest BCUT2D eigenvalue weighted by atomic mass is 16.5. The van der Waals surface area contributed by atoms with Gasteiger partial charge in [0, 0.05) is 13.2 Å². The second-order valence-corrected chi connectivity index (χ2v) is 4.97. The maximum atomic E-state index is 5.46. The molecule has 0 saturated heterocycles. The van der Waals surface area contributed by atoms with Gasteiger partial charge in [0.1, 0.15) is 0 Å². The molecule has 0 saturated carbocycles. The van der Waals surface area contributed by atoms with Gasteiger partial charge in [-0.15, -0.1) is 0 Å². The number of hydrogen-bond acceptors (Lipinski definition) is 2. The van der Waals surface area contributed by atoms with Crippen LogP contribution in [0, 0.1) is 5.92 Å². The Kier molecular flexibility index (Phi) is 6.38. The topological polar surface area (TPSA) is 21.3 Å². The molecular weight excluding hydrogens is 174 g/mol. The van der Waals surface area contributed by atoms with Gasteiger partial charge < -0.3 is 10.1 Å². The van der Waals surface area contributed by atoms with E-state index in [1.54, 1.807) is 7.11 Å². The number of methoxy groups -OCH3 is 1. The normalized spacial score (nSPS) is 14.8. The predicted octanol–water partition coefficient (Wildman–Crippen LogP) is 2.83. The van der Waals surface area contributed by atoms with Crippen molar-refractivity contribution in [2.45, 2.75) is 59.1 Å². The fourth-order valence-electron chi connectivity index (χ4n) is 1.49. The van der Waals surface area contributed by atoms with Crippen molar-refractivity contribution in [2.24, 2.45) is 5.92 Å². The zero-order valence-electron chi connectivity index (χ0n) is 10.7. The predicted molar refractivity (Wildman–Crippen MR) is 62.6 cm³/mol. The third-order valence-corrected chi connectivity index (χ3v) is 2.73. The van der Waals surface area contributed by atoms with Crippen LogP contribution in [0.25, 0.3) is 0 Å². The summed E-state index contributed by atoms with van der Waals surface area (Å²) >= 11 is 0. The van der Waals surface area contributed by atoms with E-state index in [-0.39, 0.29) is 5.60 Å². The minimum Gasteiger partial charge on any atom is -0.379 e. The smallest absolute Gasteiger partial charge is 0.0637 e. The Hall–Kier alpha value is -0.0800. The van der Waals surface area contributed by atoms with Crippen LogP contribution in [-0.4, -0.2) is 25.3 Å². The molecule has 0 aliphatic carbocycles. The van der Waals surface area contributed by atoms with Gasteiger partial charge in [0.2, 0.25) is 0 Å². The Morgan fingerprint density at radius 1 is 1.29 bits per heavy atom. The van der Waals surface area contributed by atoms with E-state index in [0.29, 0.717) is 12.0 Å². The minimum absolute atomic E-state index is 0.0182. The fraction of sp³-hybridized carbons (Fsp3) is 1.00. The Bertz CT molecular complexity index is 143. The van der Waals surface area contributed by atoms with Crippen LogP contribution in [0.15, 0.2) is 0 Å². The molecule has 0 bridgehead atoms. The fourth-order valence-corrected chi connectivity index (χ4v) is 1.49. The van der Waals surface area contributed by atoms with Crippen LogP contribution in [-0.2, 0) is 4.74 Å². The first-order chi connectivity index (χ1) is 6.43. The maximum absolute atomic E-state index is 5.46. The molecule has 0 rings (SSSR count). The van der Waals surface area contributed by atoms with Crippen molar-refractivity contribution in [1.29, 1.82) is 0 Å². The van der Waals surface area contributed by atoms with Crippen LogP contribution >= 0.6 is 0 Å². The molecule has 1 N–H and O–H groups in total. The Morgan fingerprint density at radius 2 is 1.86 bits per heavy atom. The summed E-state index contributed by atoms with van der Waals surface area (Å²) in [6, 6.07) is 0.560. The van der Waals surface area contributed by atoms with Crippen molar-refractivity contribution in [3.8, 4) is 0 Å². The molecule has 0 radical (unpaired) electrons. The second-order valence-electron chi connectivity index (χ2n) is 4.97. The van der Waals surface area contributed by atoms with Crippen molar-refractivity contribution in [2.75, 3.05) is 13.7 Å². The molecule has 0 spiro atoms. The standard InChI is InChI=1S/C12H27NO/c1-7-8-13-11(10(2)3)9-12(4,5)14-6/h10-11,13H,7-9H2,1-6H3. The zero-order valence-corrected chi connectivity index (χ0v) is 10.7. The van der Waals surface area contributed by atoms with Gasteiger partial charge in [0.25, 0.3) is 0 Å². The maximum Gasteiger partial charge on any atom is 0.0637 e. The van der Waals surface area contributed by atoms with Crippen LogP contribution in [0.1, 0.15) is 47.5 Å². The lowest BCUT2D eigenvalue weighted by Crippen LogP contribution is -2.41. The minimum atomic E-state index is -0.0182. The summed E-state index contributed by atoms with van der Waals surface area (Å²) in [5, 5.41) is 3.58. The summed E-state index contributed by atoms with van der Waals surface area (Å²) in [5.74, 6) is 0.663. The van der Waals surface area contributed by atoms with Crippen LogP contribution in [0.4, 0.5) is 0 Å². The summed E-state index contributed by atoms with van der Waals surface area (Å²) in [4.78, 5) is 0. The van der Waals surface area contributed by atoms with E-state index < -0.39 is 0 Å². The van der Waals surface area contributed by atoms with Gasteiger partial charge in [-0.2, -0.15) is 0 Å². The van der Waals surface area contributed by atoms with Crippen molar-refractivity contribution < 1.29 is 4.74 Å². The van der Waals surface area contributed by atoms with Gasteiger partial charge >= 0.3 is 0 Å². The lowest BCUT2D eigenvalue weighted by Gasteiger charge is -2.31. The van der Waals surface area contributed by atoms with Crippen LogP contribution < -0.4 is 5.32 Å². The highest BCUT2D eigenvalue weighted by molar-refractivity contribution is 4.80. The van der Waals surface area contributed by atoms with Crippen molar-refractivity contribution in [3.05, 3.63) is 0 Å². The first kappa shape index (κ1) is 13.9. The van der Waals surface area contributed by atoms with E-state index in [4.69, 9.17) is 4.74 Å². The van der Waals surface area contributed by atoms with E-state index in [2.05, 4.69) is 39.9 Å². The van der Waals surface area contributed by atoms with Gasteiger partial charge in [-0.1, -0.05) is 20.8 Å². The van der Waals surface area contributed by atoms with Crippen LogP contribution in [0.2, 0.25) is 0 Å². The first-order valence-corrected chi connectivity index (χ1v) is 5.71. The van der Waals surface area contributed by atoms with Gasteiger partial charge in [-0.25, -0.2) is 0 Å². The number of ether oxygens (including phenoxy) is 1. The summed E-state index contributed by atoms with van der Waals surface area (Å²) in [6.07, 6.45) is 2.26. The average molecular weight is 201 g/mol. The molecule has 0 aliphatic rings. The third-order valence-electron chi connectivity index (χ3n) is 2.73. The Balaban J connectivity index is 4.08. The lowest BCUT2D eigenvalue weighted by molar-refractivity contribution is 0.00298. The van der Waals surface area contributed by atoms with Crippen molar-refractivity contribution >= 4 is 0 Å². The Morgan fingerprint density at radius 3 is 2.21 bits per heavy atom. The van der Waals surface area contributed by atoms with Crippen LogP contribution in [0.5, 0.6) is 0 Å². The summed E-state index contributed by atoms with van der Waals surface area (Å²) in [6.45, 7) is 12.1. The molecule has 0 aromatic carbocycles. The van der Waals surface area contributed by atoms with Gasteiger partial charge in [0.05, 0.1) is 5.60 Å². The average Bonchev–Trinajstić information content (AvgIpc) is 2.12. The SMILES string of the molecule is CCCNC(CC(C)(C)OC)C(C)C. The first-order valence-electron chi connectivity index (χ1n) is 5.71. The second kappa shape index (κ2) is 6.41. The molecule has 14 heavy (non-hydrogen) atoms. The monoisotopic (exact) mass is 201 g/mol. The molecule has 86 valence electrons. The zero-order chi connectivity index (χ0) is 11.2. The largest absolute Gasteiger partial charge is 0.379 e. The third kappa shape index (κ3) is 5.61. The molecule has 0 aromatic heterocycles. The van der Waals surface area contributed by atoms with E-state index in [1.807, 2.05) is 0 Å². The Labute approximate surface area is 89.4 Å². The molecule has 0 fully saturated rings. The summed E-state index contributed by atoms with van der Waals surface area (Å²) < 4.78 is 5.46. The summed E-state index contributed by atoms with van der Waals surface area (Å²) in [5.41, 5.74) is -0.0182. The van der Waals surface area contributed by atoms with Gasteiger partial charge in [-0.3, -0.25) is 0 Å². The van der Waals surface area contributed by atoms with Gasteiger partial charge in [0.15, 0.2) is 0 Å². The molecule has 0 aromatic rings. The molecule has 1 atom stereocenters. The molecular formula is C12H27NO. The molecule has 2 heteroatoms. The highest BCUT2D eigenvalue weighted by Gasteiger charge is 2.24. The number of rotatable bonds is 7. The highest BCUT2D eigenvalue weighted by Crippen LogP contribution is 2.19. The molecule has 2 nitrogen and oxygen atoms in total. The molecule has 0 heterocycles. The molecule has 0 aliphatic heterocycles. The van der Waals surface area contributed by atoms with E-state index in [1.165, 1.54) is 6.42 Å². The van der Waals surface area contributed by atoms with E-state index in [9.17, 15) is 0 Å². The van der Waals surface area contributed by atoms with E-state index >= 15 is 0 Å². The van der Waals surface area contributed by atoms with E-state index in [0.717, 1.165) is 13.0 Å². The van der Waals surface area contributed by atoms with Crippen molar-refractivity contribution in [3.63, 3.8) is 0 Å². The number of nitrogens with one attached hydrogen (secondary N) is 1. The van der Waals surface area contributed by atoms with Crippen LogP contribution in [0.3, 0.4) is 0 Å². The van der Waals surface area contributed by atoms with Gasteiger partial charge in [-0.05, 0) is 39.2 Å². The molecule has 0 amide bonds. The quantitative estimate of drug-likeness (QED) is 0.684. The van der Waals surface area contributed by atoms with Crippen molar-refractivity contribution in [1.82, 2.24) is 5.32 Å². The lowest BCUT2D eigenvalue weighted by atomic mass is 9.91.